The van der Waals surface area contributed by atoms with Crippen molar-refractivity contribution in [3.8, 4) is 0 Å². The highest BCUT2D eigenvalue weighted by Crippen LogP contribution is 2.16. The van der Waals surface area contributed by atoms with Crippen molar-refractivity contribution < 1.29 is 0 Å². The molecule has 0 amide bonds. The fraction of sp³-hybridized carbons (Fsp3) is 0.167. The van der Waals surface area contributed by atoms with Gasteiger partial charge in [-0.1, -0.05) is 0 Å². The van der Waals surface area contributed by atoms with Gasteiger partial charge in [0, 0.05) is 16.8 Å². The molecule has 0 fully saturated rings. The van der Waals surface area contributed by atoms with E-state index >= 15 is 0 Å². The Balaban J connectivity index is 1.80. The predicted octanol–water partition coefficient (Wildman–Crippen LogP) is 2.23. The molecule has 3 aromatic rings. The summed E-state index contributed by atoms with van der Waals surface area (Å²) in [7, 11) is 0. The third-order valence-corrected chi connectivity index (χ3v) is 3.59. The summed E-state index contributed by atoms with van der Waals surface area (Å²) in [5, 5.41) is 6.37. The van der Waals surface area contributed by atoms with Gasteiger partial charge in [-0.05, 0) is 25.1 Å². The van der Waals surface area contributed by atoms with Crippen LogP contribution in [0.4, 0.5) is 5.69 Å². The van der Waals surface area contributed by atoms with E-state index in [-0.39, 0.29) is 5.69 Å². The van der Waals surface area contributed by atoms with Crippen molar-refractivity contribution in [3.05, 3.63) is 44.8 Å². The summed E-state index contributed by atoms with van der Waals surface area (Å²) in [6.07, 6.45) is 0. The first kappa shape index (κ1) is 11.0. The minimum Gasteiger partial charge on any atom is -0.378 e. The number of benzene rings is 1. The molecular formula is C12H12N4OS. The topological polar surface area (TPSA) is 73.6 Å². The third-order valence-electron chi connectivity index (χ3n) is 2.63. The maximum atomic E-state index is 11.1. The molecule has 0 atom stereocenters. The molecule has 0 aliphatic rings. The second-order valence-electron chi connectivity index (χ2n) is 4.08. The molecule has 18 heavy (non-hydrogen) atoms. The van der Waals surface area contributed by atoms with Crippen LogP contribution in [0.3, 0.4) is 0 Å². The van der Waals surface area contributed by atoms with E-state index in [1.807, 2.05) is 30.5 Å². The van der Waals surface area contributed by atoms with Crippen LogP contribution in [-0.4, -0.2) is 15.0 Å². The summed E-state index contributed by atoms with van der Waals surface area (Å²) in [4.78, 5) is 21.0. The van der Waals surface area contributed by atoms with Gasteiger partial charge in [-0.3, -0.25) is 0 Å². The Hall–Kier alpha value is -2.08. The summed E-state index contributed by atoms with van der Waals surface area (Å²) < 4.78 is 0. The van der Waals surface area contributed by atoms with Gasteiger partial charge >= 0.3 is 5.69 Å². The highest BCUT2D eigenvalue weighted by atomic mass is 32.1. The number of imidazole rings is 1. The predicted molar refractivity (Wildman–Crippen MR) is 73.1 cm³/mol. The van der Waals surface area contributed by atoms with Gasteiger partial charge in [0.2, 0.25) is 0 Å². The monoisotopic (exact) mass is 260 g/mol. The fourth-order valence-corrected chi connectivity index (χ4v) is 2.52. The minimum absolute atomic E-state index is 0.183. The Bertz CT molecular complexity index is 740. The number of aryl methyl sites for hydroxylation is 1. The Labute approximate surface area is 107 Å². The SMILES string of the molecule is Cc1csc(CNc2ccc3[nH]c(=O)[nH]c3c2)n1. The van der Waals surface area contributed by atoms with Gasteiger partial charge in [0.15, 0.2) is 0 Å². The second kappa shape index (κ2) is 4.30. The Morgan fingerprint density at radius 1 is 1.33 bits per heavy atom. The molecule has 6 heteroatoms. The van der Waals surface area contributed by atoms with Gasteiger partial charge in [-0.15, -0.1) is 11.3 Å². The van der Waals surface area contributed by atoms with Crippen molar-refractivity contribution in [1.82, 2.24) is 15.0 Å². The average molecular weight is 260 g/mol. The van der Waals surface area contributed by atoms with Crippen molar-refractivity contribution in [1.29, 1.82) is 0 Å². The molecule has 3 rings (SSSR count). The van der Waals surface area contributed by atoms with Crippen molar-refractivity contribution >= 4 is 28.1 Å². The van der Waals surface area contributed by atoms with Crippen LogP contribution in [0, 0.1) is 6.92 Å². The van der Waals surface area contributed by atoms with Gasteiger partial charge in [0.1, 0.15) is 5.01 Å². The van der Waals surface area contributed by atoms with Crippen molar-refractivity contribution in [2.45, 2.75) is 13.5 Å². The van der Waals surface area contributed by atoms with E-state index in [4.69, 9.17) is 0 Å². The maximum Gasteiger partial charge on any atom is 0.323 e. The van der Waals surface area contributed by atoms with Crippen LogP contribution < -0.4 is 11.0 Å². The van der Waals surface area contributed by atoms with Crippen LogP contribution in [0.1, 0.15) is 10.7 Å². The highest BCUT2D eigenvalue weighted by molar-refractivity contribution is 7.09. The number of nitrogens with zero attached hydrogens (tertiary/aromatic N) is 1. The van der Waals surface area contributed by atoms with Gasteiger partial charge in [0.25, 0.3) is 0 Å². The molecule has 92 valence electrons. The molecule has 0 radical (unpaired) electrons. The number of hydrogen-bond donors (Lipinski definition) is 3. The lowest BCUT2D eigenvalue weighted by Gasteiger charge is -2.03. The van der Waals surface area contributed by atoms with Crippen LogP contribution >= 0.6 is 11.3 Å². The lowest BCUT2D eigenvalue weighted by molar-refractivity contribution is 1.08. The number of fused-ring (bicyclic) bond motifs is 1. The molecule has 0 saturated heterocycles. The maximum absolute atomic E-state index is 11.1. The number of hydrogen-bond acceptors (Lipinski definition) is 4. The van der Waals surface area contributed by atoms with E-state index in [0.29, 0.717) is 6.54 Å². The molecule has 0 spiro atoms. The molecule has 0 saturated carbocycles. The Morgan fingerprint density at radius 3 is 2.94 bits per heavy atom. The number of aromatic nitrogens is 3. The Kier molecular flexibility index (Phi) is 2.64. The summed E-state index contributed by atoms with van der Waals surface area (Å²) in [5.74, 6) is 0. The minimum atomic E-state index is -0.183. The molecule has 0 aliphatic heterocycles. The van der Waals surface area contributed by atoms with Gasteiger partial charge in [-0.25, -0.2) is 9.78 Å². The average Bonchev–Trinajstić information content (AvgIpc) is 2.90. The van der Waals surface area contributed by atoms with Crippen LogP contribution in [0.15, 0.2) is 28.4 Å². The van der Waals surface area contributed by atoms with Crippen molar-refractivity contribution in [3.63, 3.8) is 0 Å². The van der Waals surface area contributed by atoms with Crippen molar-refractivity contribution in [2.24, 2.45) is 0 Å². The molecule has 1 aromatic carbocycles. The normalized spacial score (nSPS) is 10.9. The summed E-state index contributed by atoms with van der Waals surface area (Å²) >= 11 is 1.64. The first-order valence-corrected chi connectivity index (χ1v) is 6.45. The lowest BCUT2D eigenvalue weighted by Crippen LogP contribution is -1.99. The highest BCUT2D eigenvalue weighted by Gasteiger charge is 2.01. The van der Waals surface area contributed by atoms with Crippen LogP contribution in [-0.2, 0) is 6.54 Å². The number of thiazole rings is 1. The quantitative estimate of drug-likeness (QED) is 0.676. The molecule has 3 N–H and O–H groups in total. The van der Waals surface area contributed by atoms with Crippen LogP contribution in [0.2, 0.25) is 0 Å². The number of rotatable bonds is 3. The standard InChI is InChI=1S/C12H12N4OS/c1-7-6-18-11(14-7)5-13-8-2-3-9-10(4-8)16-12(17)15-9/h2-4,6,13H,5H2,1H3,(H2,15,16,17). The zero-order chi connectivity index (χ0) is 12.5. The first-order valence-electron chi connectivity index (χ1n) is 5.57. The number of aromatic amines is 2. The first-order chi connectivity index (χ1) is 8.70. The Morgan fingerprint density at radius 2 is 2.17 bits per heavy atom. The van der Waals surface area contributed by atoms with Gasteiger partial charge in [0.05, 0.1) is 17.6 Å². The lowest BCUT2D eigenvalue weighted by atomic mass is 10.3. The van der Waals surface area contributed by atoms with Crippen LogP contribution in [0.5, 0.6) is 0 Å². The second-order valence-corrected chi connectivity index (χ2v) is 5.02. The molecule has 2 aromatic heterocycles. The van der Waals surface area contributed by atoms with Crippen molar-refractivity contribution in [2.75, 3.05) is 5.32 Å². The van der Waals surface area contributed by atoms with E-state index in [9.17, 15) is 4.79 Å². The summed E-state index contributed by atoms with van der Waals surface area (Å²) in [5.41, 5.74) is 3.45. The zero-order valence-corrected chi connectivity index (χ0v) is 10.6. The van der Waals surface area contributed by atoms with E-state index in [1.165, 1.54) is 0 Å². The summed E-state index contributed by atoms with van der Waals surface area (Å²) in [6.45, 7) is 2.68. The van der Waals surface area contributed by atoms with E-state index < -0.39 is 0 Å². The van der Waals surface area contributed by atoms with E-state index in [0.717, 1.165) is 27.4 Å². The molecule has 0 bridgehead atoms. The van der Waals surface area contributed by atoms with Gasteiger partial charge in [-0.2, -0.15) is 0 Å². The molecule has 0 aliphatic carbocycles. The van der Waals surface area contributed by atoms with E-state index in [2.05, 4.69) is 20.3 Å². The molecular weight excluding hydrogens is 248 g/mol. The fourth-order valence-electron chi connectivity index (χ4n) is 1.80. The summed E-state index contributed by atoms with van der Waals surface area (Å²) in [6, 6.07) is 5.73. The number of anilines is 1. The van der Waals surface area contributed by atoms with E-state index in [1.54, 1.807) is 11.3 Å². The zero-order valence-electron chi connectivity index (χ0n) is 9.78. The van der Waals surface area contributed by atoms with Crippen LogP contribution in [0.25, 0.3) is 11.0 Å². The molecule has 0 unspecified atom stereocenters. The third kappa shape index (κ3) is 2.14. The molecule has 2 heterocycles. The number of H-pyrrole nitrogens is 2. The van der Waals surface area contributed by atoms with Gasteiger partial charge < -0.3 is 15.3 Å². The molecule has 5 nitrogen and oxygen atoms in total. The number of nitrogens with one attached hydrogen (secondary N) is 3. The largest absolute Gasteiger partial charge is 0.378 e. The smallest absolute Gasteiger partial charge is 0.323 e.